The molecule has 6 N–H and O–H groups in total. The van der Waals surface area contributed by atoms with Crippen LogP contribution >= 0.6 is 12.6 Å². The SMILES string of the molecule is CCC(C)[C@H](NC(=O)[C@@H](NC(=O)[C@@H](N)CS)C(C)C)C(=O)N[C@@H](CC(C)C)C(=O)O. The Hall–Kier alpha value is -1.81. The van der Waals surface area contributed by atoms with Crippen molar-refractivity contribution in [1.82, 2.24) is 16.0 Å². The summed E-state index contributed by atoms with van der Waals surface area (Å²) in [4.78, 5) is 49.3. The van der Waals surface area contributed by atoms with Gasteiger partial charge in [0.25, 0.3) is 0 Å². The number of carbonyl (C=O) groups excluding carboxylic acids is 3. The van der Waals surface area contributed by atoms with Gasteiger partial charge in [-0.2, -0.15) is 12.6 Å². The average Bonchev–Trinajstić information content (AvgIpc) is 2.66. The highest BCUT2D eigenvalue weighted by Crippen LogP contribution is 2.12. The van der Waals surface area contributed by atoms with Gasteiger partial charge in [0.1, 0.15) is 18.1 Å². The molecule has 0 aromatic rings. The molecule has 0 saturated carbocycles. The fourth-order valence-electron chi connectivity index (χ4n) is 2.78. The number of hydrogen-bond acceptors (Lipinski definition) is 6. The maximum atomic E-state index is 12.9. The van der Waals surface area contributed by atoms with Crippen molar-refractivity contribution in [1.29, 1.82) is 0 Å². The molecule has 174 valence electrons. The maximum absolute atomic E-state index is 12.9. The molecule has 10 heteroatoms. The number of hydrogen-bond donors (Lipinski definition) is 6. The van der Waals surface area contributed by atoms with E-state index in [1.54, 1.807) is 20.8 Å². The van der Waals surface area contributed by atoms with Gasteiger partial charge in [0.05, 0.1) is 6.04 Å². The molecule has 5 atom stereocenters. The molecule has 0 bridgehead atoms. The number of thiol groups is 1. The van der Waals surface area contributed by atoms with Crippen molar-refractivity contribution in [3.05, 3.63) is 0 Å². The first-order chi connectivity index (χ1) is 13.8. The third-order valence-electron chi connectivity index (χ3n) is 4.90. The van der Waals surface area contributed by atoms with Gasteiger partial charge in [0.2, 0.25) is 17.7 Å². The van der Waals surface area contributed by atoms with Gasteiger partial charge < -0.3 is 26.8 Å². The molecule has 0 aromatic carbocycles. The zero-order valence-electron chi connectivity index (χ0n) is 18.8. The second kappa shape index (κ2) is 13.5. The van der Waals surface area contributed by atoms with Crippen LogP contribution in [-0.4, -0.2) is 58.7 Å². The standard InChI is InChI=1S/C20H38N4O5S/c1-7-12(6)16(19(27)22-14(20(28)29)8-10(2)3)24-18(26)15(11(4)5)23-17(25)13(21)9-30/h10-16,30H,7-9,21H2,1-6H3,(H,22,27)(H,23,25)(H,24,26)(H,28,29)/t12?,13-,14-,15-,16-/m0/s1. The summed E-state index contributed by atoms with van der Waals surface area (Å²) in [5.41, 5.74) is 5.67. The first-order valence-corrected chi connectivity index (χ1v) is 11.0. The summed E-state index contributed by atoms with van der Waals surface area (Å²) in [6.07, 6.45) is 0.859. The van der Waals surface area contributed by atoms with Crippen molar-refractivity contribution in [3.8, 4) is 0 Å². The average molecular weight is 447 g/mol. The summed E-state index contributed by atoms with van der Waals surface area (Å²) in [7, 11) is 0. The highest BCUT2D eigenvalue weighted by atomic mass is 32.1. The Morgan fingerprint density at radius 1 is 0.900 bits per heavy atom. The molecular weight excluding hydrogens is 408 g/mol. The summed E-state index contributed by atoms with van der Waals surface area (Å²) >= 11 is 3.99. The molecule has 0 rings (SSSR count). The van der Waals surface area contributed by atoms with E-state index >= 15 is 0 Å². The van der Waals surface area contributed by atoms with Crippen LogP contribution in [0.1, 0.15) is 54.4 Å². The number of nitrogens with one attached hydrogen (secondary N) is 3. The number of carbonyl (C=O) groups is 4. The van der Waals surface area contributed by atoms with Crippen LogP contribution in [0, 0.1) is 17.8 Å². The molecule has 3 amide bonds. The van der Waals surface area contributed by atoms with E-state index < -0.39 is 47.9 Å². The van der Waals surface area contributed by atoms with E-state index in [1.165, 1.54) is 0 Å². The van der Waals surface area contributed by atoms with Crippen LogP contribution < -0.4 is 21.7 Å². The Morgan fingerprint density at radius 2 is 1.40 bits per heavy atom. The molecule has 0 aromatic heterocycles. The van der Waals surface area contributed by atoms with E-state index in [0.717, 1.165) is 0 Å². The van der Waals surface area contributed by atoms with Gasteiger partial charge in [-0.1, -0.05) is 48.0 Å². The van der Waals surface area contributed by atoms with Crippen molar-refractivity contribution in [2.45, 2.75) is 78.6 Å². The van der Waals surface area contributed by atoms with Crippen molar-refractivity contribution < 1.29 is 24.3 Å². The first kappa shape index (κ1) is 28.2. The minimum Gasteiger partial charge on any atom is -0.480 e. The number of carboxylic acids is 1. The van der Waals surface area contributed by atoms with Crippen molar-refractivity contribution in [2.24, 2.45) is 23.5 Å². The maximum Gasteiger partial charge on any atom is 0.326 e. The van der Waals surface area contributed by atoms with Gasteiger partial charge in [-0.25, -0.2) is 4.79 Å². The molecule has 0 fully saturated rings. The third-order valence-corrected chi connectivity index (χ3v) is 5.29. The fourth-order valence-corrected chi connectivity index (χ4v) is 2.94. The lowest BCUT2D eigenvalue weighted by Crippen LogP contribution is -2.60. The second-order valence-corrected chi connectivity index (χ2v) is 8.79. The van der Waals surface area contributed by atoms with Crippen LogP contribution in [0.4, 0.5) is 0 Å². The Bertz CT molecular complexity index is 600. The van der Waals surface area contributed by atoms with Crippen LogP contribution in [0.25, 0.3) is 0 Å². The van der Waals surface area contributed by atoms with Crippen LogP contribution in [0.5, 0.6) is 0 Å². The summed E-state index contributed by atoms with van der Waals surface area (Å²) < 4.78 is 0. The zero-order chi connectivity index (χ0) is 23.6. The number of amides is 3. The topological polar surface area (TPSA) is 151 Å². The number of aliphatic carboxylic acids is 1. The molecule has 0 spiro atoms. The van der Waals surface area contributed by atoms with E-state index in [-0.39, 0.29) is 29.9 Å². The Labute approximate surface area is 184 Å². The van der Waals surface area contributed by atoms with E-state index in [2.05, 4.69) is 28.6 Å². The third kappa shape index (κ3) is 9.34. The van der Waals surface area contributed by atoms with E-state index in [1.807, 2.05) is 20.8 Å². The lowest BCUT2D eigenvalue weighted by molar-refractivity contribution is -0.143. The minimum atomic E-state index is -1.13. The van der Waals surface area contributed by atoms with Gasteiger partial charge in [-0.15, -0.1) is 0 Å². The van der Waals surface area contributed by atoms with E-state index in [9.17, 15) is 24.3 Å². The molecule has 9 nitrogen and oxygen atoms in total. The van der Waals surface area contributed by atoms with Crippen LogP contribution in [0.3, 0.4) is 0 Å². The largest absolute Gasteiger partial charge is 0.480 e. The van der Waals surface area contributed by atoms with E-state index in [0.29, 0.717) is 6.42 Å². The monoisotopic (exact) mass is 446 g/mol. The van der Waals surface area contributed by atoms with Crippen LogP contribution in [-0.2, 0) is 19.2 Å². The highest BCUT2D eigenvalue weighted by Gasteiger charge is 2.33. The Morgan fingerprint density at radius 3 is 1.80 bits per heavy atom. The molecule has 0 radical (unpaired) electrons. The quantitative estimate of drug-likeness (QED) is 0.227. The summed E-state index contributed by atoms with van der Waals surface area (Å²) in [5.74, 6) is -3.03. The Balaban J connectivity index is 5.46. The van der Waals surface area contributed by atoms with Gasteiger partial charge in [-0.05, 0) is 24.2 Å². The van der Waals surface area contributed by atoms with Crippen molar-refractivity contribution >= 4 is 36.3 Å². The van der Waals surface area contributed by atoms with Crippen LogP contribution in [0.2, 0.25) is 0 Å². The molecule has 30 heavy (non-hydrogen) atoms. The lowest BCUT2D eigenvalue weighted by Gasteiger charge is -2.29. The summed E-state index contributed by atoms with van der Waals surface area (Å²) in [6, 6.07) is -3.74. The zero-order valence-corrected chi connectivity index (χ0v) is 19.7. The number of rotatable bonds is 13. The molecular formula is C20H38N4O5S. The molecule has 0 heterocycles. The fraction of sp³-hybridized carbons (Fsp3) is 0.800. The van der Waals surface area contributed by atoms with Crippen LogP contribution in [0.15, 0.2) is 0 Å². The van der Waals surface area contributed by atoms with Gasteiger partial charge in [0.15, 0.2) is 0 Å². The van der Waals surface area contributed by atoms with Gasteiger partial charge in [0, 0.05) is 5.75 Å². The van der Waals surface area contributed by atoms with Gasteiger partial charge in [-0.3, -0.25) is 14.4 Å². The molecule has 0 aliphatic heterocycles. The van der Waals surface area contributed by atoms with Crippen molar-refractivity contribution in [3.63, 3.8) is 0 Å². The van der Waals surface area contributed by atoms with Gasteiger partial charge >= 0.3 is 5.97 Å². The minimum absolute atomic E-state index is 0.0691. The molecule has 0 aliphatic rings. The summed E-state index contributed by atoms with van der Waals surface area (Å²) in [5, 5.41) is 17.2. The number of nitrogens with two attached hydrogens (primary N) is 1. The Kier molecular flexibility index (Phi) is 12.7. The highest BCUT2D eigenvalue weighted by molar-refractivity contribution is 7.80. The summed E-state index contributed by atoms with van der Waals surface area (Å²) in [6.45, 7) is 10.9. The molecule has 0 aliphatic carbocycles. The lowest BCUT2D eigenvalue weighted by atomic mass is 9.95. The number of carboxylic acid groups (broad SMARTS) is 1. The normalized spacial score (nSPS) is 16.3. The van der Waals surface area contributed by atoms with E-state index in [4.69, 9.17) is 5.73 Å². The predicted octanol–water partition coefficient (Wildman–Crippen LogP) is 0.531. The second-order valence-electron chi connectivity index (χ2n) is 8.42. The molecule has 1 unspecified atom stereocenters. The first-order valence-electron chi connectivity index (χ1n) is 10.4. The van der Waals surface area contributed by atoms with Crippen molar-refractivity contribution in [2.75, 3.05) is 5.75 Å². The predicted molar refractivity (Wildman–Crippen MR) is 119 cm³/mol. The smallest absolute Gasteiger partial charge is 0.326 e. The molecule has 0 saturated heterocycles.